The number of fused-ring (bicyclic) bond motifs is 1. The van der Waals surface area contributed by atoms with Gasteiger partial charge in [-0.05, 0) is 54.6 Å². The fourth-order valence-corrected chi connectivity index (χ4v) is 4.79. The highest BCUT2D eigenvalue weighted by Crippen LogP contribution is 2.30. The number of anilines is 1. The number of benzene rings is 3. The number of carbonyl (C=O) groups is 1. The molecule has 0 bridgehead atoms. The van der Waals surface area contributed by atoms with E-state index >= 15 is 0 Å². The number of halogens is 2. The number of amides is 1. The number of hydrogen-bond acceptors (Lipinski definition) is 3. The zero-order chi connectivity index (χ0) is 21.3. The molecule has 8 heteroatoms. The van der Waals surface area contributed by atoms with Gasteiger partial charge in [0.1, 0.15) is 12.4 Å². The lowest BCUT2D eigenvalue weighted by Gasteiger charge is -2.07. The van der Waals surface area contributed by atoms with Gasteiger partial charge in [0.05, 0.1) is 9.79 Å². The monoisotopic (exact) mass is 442 g/mol. The third-order valence-electron chi connectivity index (χ3n) is 4.61. The molecular weight excluding hydrogens is 427 g/mol. The highest BCUT2D eigenvalue weighted by atomic mass is 35.5. The Kier molecular flexibility index (Phi) is 5.32. The zero-order valence-corrected chi connectivity index (χ0v) is 17.1. The van der Waals surface area contributed by atoms with Gasteiger partial charge in [-0.25, -0.2) is 12.8 Å². The van der Waals surface area contributed by atoms with E-state index in [1.807, 2.05) is 0 Å². The minimum absolute atomic E-state index is 0.103. The molecule has 0 aliphatic rings. The van der Waals surface area contributed by atoms with Crippen molar-refractivity contribution >= 4 is 43.9 Å². The van der Waals surface area contributed by atoms with Crippen LogP contribution in [0, 0.1) is 5.82 Å². The maximum absolute atomic E-state index is 13.2. The molecule has 152 valence electrons. The van der Waals surface area contributed by atoms with Crippen LogP contribution in [0.5, 0.6) is 0 Å². The number of nitrogens with one attached hydrogen (secondary N) is 1. The summed E-state index contributed by atoms with van der Waals surface area (Å²) in [7, 11) is -3.81. The molecule has 0 fully saturated rings. The van der Waals surface area contributed by atoms with Gasteiger partial charge in [0, 0.05) is 27.8 Å². The molecule has 0 aliphatic carbocycles. The molecule has 4 aromatic rings. The van der Waals surface area contributed by atoms with E-state index in [1.165, 1.54) is 54.7 Å². The van der Waals surface area contributed by atoms with Crippen molar-refractivity contribution in [3.63, 3.8) is 0 Å². The average molecular weight is 443 g/mol. The molecule has 4 rings (SSSR count). The van der Waals surface area contributed by atoms with E-state index in [1.54, 1.807) is 28.8 Å². The summed E-state index contributed by atoms with van der Waals surface area (Å²) in [5.41, 5.74) is 1.06. The van der Waals surface area contributed by atoms with Crippen LogP contribution >= 0.6 is 11.6 Å². The van der Waals surface area contributed by atoms with Gasteiger partial charge in [-0.2, -0.15) is 0 Å². The largest absolute Gasteiger partial charge is 0.337 e. The number of hydrogen-bond donors (Lipinski definition) is 1. The Morgan fingerprint density at radius 2 is 1.63 bits per heavy atom. The van der Waals surface area contributed by atoms with E-state index < -0.39 is 15.7 Å². The Hall–Kier alpha value is -3.16. The van der Waals surface area contributed by atoms with Gasteiger partial charge in [0.2, 0.25) is 15.7 Å². The van der Waals surface area contributed by atoms with Crippen molar-refractivity contribution in [2.75, 3.05) is 5.32 Å². The molecule has 0 spiro atoms. The second kappa shape index (κ2) is 7.93. The van der Waals surface area contributed by atoms with Crippen LogP contribution in [0.4, 0.5) is 10.1 Å². The number of carbonyl (C=O) groups excluding carboxylic acids is 1. The van der Waals surface area contributed by atoms with Gasteiger partial charge in [0.15, 0.2) is 0 Å². The molecule has 30 heavy (non-hydrogen) atoms. The van der Waals surface area contributed by atoms with Crippen LogP contribution in [-0.4, -0.2) is 18.9 Å². The second-order valence-corrected chi connectivity index (χ2v) is 9.01. The van der Waals surface area contributed by atoms with Crippen LogP contribution in [0.1, 0.15) is 0 Å². The molecular formula is C22H16ClFN2O3S. The fraction of sp³-hybridized carbons (Fsp3) is 0.0455. The van der Waals surface area contributed by atoms with Crippen LogP contribution in [0.2, 0.25) is 5.02 Å². The Labute approximate surface area is 177 Å². The smallest absolute Gasteiger partial charge is 0.244 e. The first-order valence-corrected chi connectivity index (χ1v) is 10.8. The van der Waals surface area contributed by atoms with Gasteiger partial charge < -0.3 is 9.88 Å². The predicted octanol–water partition coefficient (Wildman–Crippen LogP) is 4.91. The molecule has 0 saturated heterocycles. The highest BCUT2D eigenvalue weighted by Gasteiger charge is 2.23. The molecule has 1 aromatic heterocycles. The van der Waals surface area contributed by atoms with E-state index in [4.69, 9.17) is 11.6 Å². The molecule has 0 aliphatic heterocycles. The summed E-state index contributed by atoms with van der Waals surface area (Å²) in [5.74, 6) is -0.765. The summed E-state index contributed by atoms with van der Waals surface area (Å²) in [6, 6.07) is 18.3. The van der Waals surface area contributed by atoms with Gasteiger partial charge in [-0.15, -0.1) is 0 Å². The zero-order valence-electron chi connectivity index (χ0n) is 15.5. The summed E-state index contributed by atoms with van der Waals surface area (Å²) in [6.07, 6.45) is 1.46. The number of aromatic nitrogens is 1. The van der Waals surface area contributed by atoms with Crippen molar-refractivity contribution < 1.29 is 17.6 Å². The van der Waals surface area contributed by atoms with Crippen LogP contribution in [0.25, 0.3) is 10.9 Å². The topological polar surface area (TPSA) is 68.2 Å². The maximum atomic E-state index is 13.2. The summed E-state index contributed by atoms with van der Waals surface area (Å²) in [6.45, 7) is -0.103. The molecule has 5 nitrogen and oxygen atoms in total. The van der Waals surface area contributed by atoms with Crippen molar-refractivity contribution in [3.05, 3.63) is 89.8 Å². The second-order valence-electron chi connectivity index (χ2n) is 6.65. The van der Waals surface area contributed by atoms with Gasteiger partial charge >= 0.3 is 0 Å². The molecule has 0 unspecified atom stereocenters. The lowest BCUT2D eigenvalue weighted by molar-refractivity contribution is -0.116. The normalized spacial score (nSPS) is 11.5. The molecule has 1 N–H and O–H groups in total. The average Bonchev–Trinajstić information content (AvgIpc) is 3.09. The van der Waals surface area contributed by atoms with E-state index in [0.717, 1.165) is 0 Å². The van der Waals surface area contributed by atoms with Crippen molar-refractivity contribution in [2.24, 2.45) is 0 Å². The van der Waals surface area contributed by atoms with Gasteiger partial charge in [0.25, 0.3) is 0 Å². The standard InChI is InChI=1S/C22H16ClFN2O3S/c23-15-5-11-18(12-6-15)30(28,29)21-13-26(20-4-2-1-3-19(20)21)14-22(27)25-17-9-7-16(24)8-10-17/h1-13H,14H2,(H,25,27). The van der Waals surface area contributed by atoms with E-state index in [9.17, 15) is 17.6 Å². The first kappa shape index (κ1) is 20.1. The molecule has 0 atom stereocenters. The molecule has 3 aromatic carbocycles. The SMILES string of the molecule is O=C(Cn1cc(S(=O)(=O)c2ccc(Cl)cc2)c2ccccc21)Nc1ccc(F)cc1. The Morgan fingerprint density at radius 1 is 0.967 bits per heavy atom. The maximum Gasteiger partial charge on any atom is 0.244 e. The Balaban J connectivity index is 1.69. The van der Waals surface area contributed by atoms with Crippen molar-refractivity contribution in [2.45, 2.75) is 16.3 Å². The first-order chi connectivity index (χ1) is 14.3. The van der Waals surface area contributed by atoms with E-state index in [2.05, 4.69) is 5.32 Å². The van der Waals surface area contributed by atoms with Gasteiger partial charge in [-0.3, -0.25) is 4.79 Å². The fourth-order valence-electron chi connectivity index (χ4n) is 3.19. The molecule has 1 amide bonds. The quantitative estimate of drug-likeness (QED) is 0.477. The minimum Gasteiger partial charge on any atom is -0.337 e. The van der Waals surface area contributed by atoms with E-state index in [-0.39, 0.29) is 22.2 Å². The number of sulfone groups is 1. The number of nitrogens with zero attached hydrogens (tertiary/aromatic N) is 1. The third-order valence-corrected chi connectivity index (χ3v) is 6.66. The molecule has 0 radical (unpaired) electrons. The first-order valence-electron chi connectivity index (χ1n) is 8.98. The van der Waals surface area contributed by atoms with Crippen molar-refractivity contribution in [1.82, 2.24) is 4.57 Å². The Bertz CT molecular complexity index is 1330. The van der Waals surface area contributed by atoms with E-state index in [0.29, 0.717) is 21.6 Å². The number of rotatable bonds is 5. The lowest BCUT2D eigenvalue weighted by atomic mass is 10.2. The highest BCUT2D eigenvalue weighted by molar-refractivity contribution is 7.91. The Morgan fingerprint density at radius 3 is 2.33 bits per heavy atom. The molecule has 1 heterocycles. The van der Waals surface area contributed by atoms with Crippen LogP contribution in [0.15, 0.2) is 88.8 Å². The van der Waals surface area contributed by atoms with Crippen molar-refractivity contribution in [1.29, 1.82) is 0 Å². The minimum atomic E-state index is -3.81. The summed E-state index contributed by atoms with van der Waals surface area (Å²) < 4.78 is 41.0. The summed E-state index contributed by atoms with van der Waals surface area (Å²) in [4.78, 5) is 12.7. The molecule has 0 saturated carbocycles. The van der Waals surface area contributed by atoms with Crippen molar-refractivity contribution in [3.8, 4) is 0 Å². The van der Waals surface area contributed by atoms with Crippen LogP contribution < -0.4 is 5.32 Å². The number of para-hydroxylation sites is 1. The lowest BCUT2D eigenvalue weighted by Crippen LogP contribution is -2.18. The summed E-state index contributed by atoms with van der Waals surface area (Å²) >= 11 is 5.88. The predicted molar refractivity (Wildman–Crippen MR) is 114 cm³/mol. The van der Waals surface area contributed by atoms with Crippen LogP contribution in [-0.2, 0) is 21.2 Å². The summed E-state index contributed by atoms with van der Waals surface area (Å²) in [5, 5.41) is 3.63. The van der Waals surface area contributed by atoms with Crippen LogP contribution in [0.3, 0.4) is 0 Å². The third kappa shape index (κ3) is 3.94. The van der Waals surface area contributed by atoms with Gasteiger partial charge in [-0.1, -0.05) is 29.8 Å².